The van der Waals surface area contributed by atoms with Gasteiger partial charge in [-0.2, -0.15) is 0 Å². The van der Waals surface area contributed by atoms with Crippen molar-refractivity contribution < 1.29 is 14.3 Å². The van der Waals surface area contributed by atoms with Crippen LogP contribution in [0, 0.1) is 0 Å². The number of rotatable bonds is 3. The number of likely N-dealkylation sites (tertiary alicyclic amines) is 1. The van der Waals surface area contributed by atoms with Crippen LogP contribution in [0.2, 0.25) is 0 Å². The summed E-state index contributed by atoms with van der Waals surface area (Å²) < 4.78 is 4.73. The molecule has 1 amide bonds. The molecule has 1 saturated heterocycles. The van der Waals surface area contributed by atoms with Crippen LogP contribution in [0.4, 0.5) is 0 Å². The predicted molar refractivity (Wildman–Crippen MR) is 70.1 cm³/mol. The SMILES string of the molecule is COC(=O)C1CCCN1C(=O)C(N)c1ccccc1. The Morgan fingerprint density at radius 3 is 2.68 bits per heavy atom. The summed E-state index contributed by atoms with van der Waals surface area (Å²) in [6, 6.07) is 7.94. The van der Waals surface area contributed by atoms with E-state index in [-0.39, 0.29) is 11.9 Å². The molecule has 2 N–H and O–H groups in total. The van der Waals surface area contributed by atoms with E-state index in [2.05, 4.69) is 0 Å². The highest BCUT2D eigenvalue weighted by molar-refractivity contribution is 5.88. The molecular formula is C14H18N2O3. The number of hydrogen-bond donors (Lipinski definition) is 1. The molecule has 0 bridgehead atoms. The molecule has 5 nitrogen and oxygen atoms in total. The van der Waals surface area contributed by atoms with Gasteiger partial charge in [0.1, 0.15) is 12.1 Å². The maximum Gasteiger partial charge on any atom is 0.328 e. The van der Waals surface area contributed by atoms with Gasteiger partial charge in [-0.25, -0.2) is 4.79 Å². The van der Waals surface area contributed by atoms with Crippen LogP contribution in [0.15, 0.2) is 30.3 Å². The van der Waals surface area contributed by atoms with Gasteiger partial charge in [-0.3, -0.25) is 4.79 Å². The van der Waals surface area contributed by atoms with E-state index >= 15 is 0 Å². The third-order valence-electron chi connectivity index (χ3n) is 3.43. The van der Waals surface area contributed by atoms with Crippen LogP contribution >= 0.6 is 0 Å². The molecule has 5 heteroatoms. The maximum absolute atomic E-state index is 12.4. The van der Waals surface area contributed by atoms with Gasteiger partial charge >= 0.3 is 5.97 Å². The number of carbonyl (C=O) groups is 2. The lowest BCUT2D eigenvalue weighted by molar-refractivity contribution is -0.151. The lowest BCUT2D eigenvalue weighted by Crippen LogP contribution is -2.45. The summed E-state index contributed by atoms with van der Waals surface area (Å²) in [6.07, 6.45) is 1.44. The minimum absolute atomic E-state index is 0.223. The topological polar surface area (TPSA) is 72.6 Å². The van der Waals surface area contributed by atoms with Gasteiger partial charge in [0, 0.05) is 6.54 Å². The first-order chi connectivity index (χ1) is 9.15. The molecular weight excluding hydrogens is 244 g/mol. The third kappa shape index (κ3) is 2.76. The second kappa shape index (κ2) is 5.84. The van der Waals surface area contributed by atoms with E-state index in [9.17, 15) is 9.59 Å². The van der Waals surface area contributed by atoms with Crippen molar-refractivity contribution in [2.24, 2.45) is 5.73 Å². The first-order valence-electron chi connectivity index (χ1n) is 6.34. The maximum atomic E-state index is 12.4. The zero-order chi connectivity index (χ0) is 13.8. The van der Waals surface area contributed by atoms with Crippen LogP contribution in [0.1, 0.15) is 24.4 Å². The summed E-state index contributed by atoms with van der Waals surface area (Å²) in [5, 5.41) is 0. The first kappa shape index (κ1) is 13.5. The van der Waals surface area contributed by atoms with E-state index in [1.54, 1.807) is 0 Å². The van der Waals surface area contributed by atoms with Crippen molar-refractivity contribution >= 4 is 11.9 Å². The van der Waals surface area contributed by atoms with Crippen LogP contribution in [0.5, 0.6) is 0 Å². The van der Waals surface area contributed by atoms with Crippen LogP contribution in [0.3, 0.4) is 0 Å². The van der Waals surface area contributed by atoms with Gasteiger partial charge in [-0.15, -0.1) is 0 Å². The van der Waals surface area contributed by atoms with Gasteiger partial charge < -0.3 is 15.4 Å². The molecule has 1 aromatic carbocycles. The van der Waals surface area contributed by atoms with Crippen molar-refractivity contribution in [3.63, 3.8) is 0 Å². The fourth-order valence-electron chi connectivity index (χ4n) is 2.39. The van der Waals surface area contributed by atoms with Crippen LogP contribution in [0.25, 0.3) is 0 Å². The van der Waals surface area contributed by atoms with E-state index in [0.717, 1.165) is 12.0 Å². The molecule has 0 saturated carbocycles. The Morgan fingerprint density at radius 2 is 2.05 bits per heavy atom. The highest BCUT2D eigenvalue weighted by atomic mass is 16.5. The standard InChI is InChI=1S/C14H18N2O3/c1-19-14(18)11-8-5-9-16(11)13(17)12(15)10-6-3-2-4-7-10/h2-4,6-7,11-12H,5,8-9,15H2,1H3. The molecule has 2 unspecified atom stereocenters. The fraction of sp³-hybridized carbons (Fsp3) is 0.429. The molecule has 1 aliphatic heterocycles. The zero-order valence-electron chi connectivity index (χ0n) is 10.9. The van der Waals surface area contributed by atoms with Gasteiger partial charge in [-0.1, -0.05) is 30.3 Å². The summed E-state index contributed by atoms with van der Waals surface area (Å²) >= 11 is 0. The fourth-order valence-corrected chi connectivity index (χ4v) is 2.39. The Hall–Kier alpha value is -1.88. The van der Waals surface area contributed by atoms with Crippen LogP contribution < -0.4 is 5.73 Å². The van der Waals surface area contributed by atoms with E-state index in [1.165, 1.54) is 12.0 Å². The van der Waals surface area contributed by atoms with Gasteiger partial charge in [0.2, 0.25) is 5.91 Å². The van der Waals surface area contributed by atoms with Crippen LogP contribution in [-0.4, -0.2) is 36.5 Å². The van der Waals surface area contributed by atoms with E-state index < -0.39 is 12.1 Å². The Labute approximate surface area is 112 Å². The first-order valence-corrected chi connectivity index (χ1v) is 6.34. The summed E-state index contributed by atoms with van der Waals surface area (Å²) in [6.45, 7) is 0.555. The number of ether oxygens (including phenoxy) is 1. The second-order valence-corrected chi connectivity index (χ2v) is 4.60. The van der Waals surface area contributed by atoms with Gasteiger partial charge in [-0.05, 0) is 18.4 Å². The van der Waals surface area contributed by atoms with Gasteiger partial charge in [0.25, 0.3) is 0 Å². The number of nitrogens with zero attached hydrogens (tertiary/aromatic N) is 1. The highest BCUT2D eigenvalue weighted by Crippen LogP contribution is 2.22. The largest absolute Gasteiger partial charge is 0.467 e. The molecule has 1 heterocycles. The molecule has 1 aliphatic rings. The third-order valence-corrected chi connectivity index (χ3v) is 3.43. The Kier molecular flexibility index (Phi) is 4.16. The molecule has 1 fully saturated rings. The van der Waals surface area contributed by atoms with Crippen molar-refractivity contribution in [2.75, 3.05) is 13.7 Å². The van der Waals surface area contributed by atoms with Crippen molar-refractivity contribution in [1.29, 1.82) is 0 Å². The van der Waals surface area contributed by atoms with E-state index in [4.69, 9.17) is 10.5 Å². The van der Waals surface area contributed by atoms with Crippen molar-refractivity contribution in [3.05, 3.63) is 35.9 Å². The number of hydrogen-bond acceptors (Lipinski definition) is 4. The second-order valence-electron chi connectivity index (χ2n) is 4.60. The molecule has 0 aliphatic carbocycles. The Morgan fingerprint density at radius 1 is 1.37 bits per heavy atom. The number of amides is 1. The molecule has 2 rings (SSSR count). The van der Waals surface area contributed by atoms with E-state index in [0.29, 0.717) is 13.0 Å². The molecule has 0 aromatic heterocycles. The number of methoxy groups -OCH3 is 1. The quantitative estimate of drug-likeness (QED) is 0.820. The molecule has 1 aromatic rings. The Balaban J connectivity index is 2.13. The minimum Gasteiger partial charge on any atom is -0.467 e. The summed E-state index contributed by atoms with van der Waals surface area (Å²) in [7, 11) is 1.33. The van der Waals surface area contributed by atoms with Gasteiger partial charge in [0.05, 0.1) is 7.11 Å². The number of nitrogens with two attached hydrogens (primary N) is 1. The molecule has 102 valence electrons. The van der Waals surface area contributed by atoms with Crippen LogP contribution in [-0.2, 0) is 14.3 Å². The summed E-state index contributed by atoms with van der Waals surface area (Å²) in [5.41, 5.74) is 6.73. The molecule has 0 radical (unpaired) electrons. The van der Waals surface area contributed by atoms with Crippen molar-refractivity contribution in [1.82, 2.24) is 4.90 Å². The van der Waals surface area contributed by atoms with E-state index in [1.807, 2.05) is 30.3 Å². The number of carbonyl (C=O) groups excluding carboxylic acids is 2. The summed E-state index contributed by atoms with van der Waals surface area (Å²) in [4.78, 5) is 25.5. The lowest BCUT2D eigenvalue weighted by Gasteiger charge is -2.25. The highest BCUT2D eigenvalue weighted by Gasteiger charge is 2.37. The monoisotopic (exact) mass is 262 g/mol. The molecule has 0 spiro atoms. The van der Waals surface area contributed by atoms with Crippen molar-refractivity contribution in [2.45, 2.75) is 24.9 Å². The average Bonchev–Trinajstić information content (AvgIpc) is 2.95. The number of esters is 1. The smallest absolute Gasteiger partial charge is 0.328 e. The Bertz CT molecular complexity index is 461. The summed E-state index contributed by atoms with van der Waals surface area (Å²) in [5.74, 6) is -0.592. The predicted octanol–water partition coefficient (Wildman–Crippen LogP) is 0.850. The number of benzene rings is 1. The normalized spacial score (nSPS) is 20.1. The average molecular weight is 262 g/mol. The minimum atomic E-state index is -0.730. The van der Waals surface area contributed by atoms with Gasteiger partial charge in [0.15, 0.2) is 0 Å². The zero-order valence-corrected chi connectivity index (χ0v) is 10.9. The molecule has 2 atom stereocenters. The lowest BCUT2D eigenvalue weighted by atomic mass is 10.1. The molecule has 19 heavy (non-hydrogen) atoms. The van der Waals surface area contributed by atoms with Crippen molar-refractivity contribution in [3.8, 4) is 0 Å².